The van der Waals surface area contributed by atoms with Crippen LogP contribution in [-0.2, 0) is 0 Å². The highest BCUT2D eigenvalue weighted by Gasteiger charge is 2.02. The molecular formula is C17H21N. The molecule has 1 nitrogen and oxygen atoms in total. The van der Waals surface area contributed by atoms with Crippen LogP contribution in [0.15, 0.2) is 54.6 Å². The van der Waals surface area contributed by atoms with Crippen molar-refractivity contribution in [1.29, 1.82) is 0 Å². The molecule has 0 aliphatic carbocycles. The first-order valence-electron chi connectivity index (χ1n) is 6.80. The second-order valence-corrected chi connectivity index (χ2v) is 4.55. The molecule has 2 rings (SSSR count). The average Bonchev–Trinajstić information content (AvgIpc) is 2.45. The van der Waals surface area contributed by atoms with Gasteiger partial charge in [-0.15, -0.1) is 0 Å². The zero-order valence-electron chi connectivity index (χ0n) is 11.0. The molecule has 1 heteroatoms. The largest absolute Gasteiger partial charge is 0.385 e. The van der Waals surface area contributed by atoms with Gasteiger partial charge < -0.3 is 5.32 Å². The number of unbranched alkanes of at least 4 members (excludes halogenated alkanes) is 2. The Morgan fingerprint density at radius 1 is 0.833 bits per heavy atom. The number of rotatable bonds is 6. The van der Waals surface area contributed by atoms with E-state index in [0.717, 1.165) is 6.54 Å². The zero-order chi connectivity index (χ0) is 12.6. The molecule has 1 N–H and O–H groups in total. The number of nitrogens with one attached hydrogen (secondary N) is 1. The highest BCUT2D eigenvalue weighted by atomic mass is 14.9. The third-order valence-corrected chi connectivity index (χ3v) is 3.11. The summed E-state index contributed by atoms with van der Waals surface area (Å²) in [5.41, 5.74) is 3.80. The predicted molar refractivity (Wildman–Crippen MR) is 79.9 cm³/mol. The van der Waals surface area contributed by atoms with Crippen molar-refractivity contribution in [3.05, 3.63) is 54.6 Å². The maximum absolute atomic E-state index is 3.55. The Kier molecular flexibility index (Phi) is 4.83. The van der Waals surface area contributed by atoms with Crippen molar-refractivity contribution in [2.24, 2.45) is 0 Å². The molecule has 0 saturated carbocycles. The quantitative estimate of drug-likeness (QED) is 0.703. The molecule has 0 aliphatic rings. The molecule has 0 amide bonds. The number of para-hydroxylation sites is 1. The number of benzene rings is 2. The Labute approximate surface area is 110 Å². The van der Waals surface area contributed by atoms with Crippen LogP contribution in [0.3, 0.4) is 0 Å². The fraction of sp³-hybridized carbons (Fsp3) is 0.294. The first-order chi connectivity index (χ1) is 8.92. The van der Waals surface area contributed by atoms with Gasteiger partial charge >= 0.3 is 0 Å². The average molecular weight is 239 g/mol. The van der Waals surface area contributed by atoms with E-state index < -0.39 is 0 Å². The monoisotopic (exact) mass is 239 g/mol. The van der Waals surface area contributed by atoms with Crippen molar-refractivity contribution >= 4 is 5.69 Å². The van der Waals surface area contributed by atoms with E-state index in [1.165, 1.54) is 36.1 Å². The maximum Gasteiger partial charge on any atom is 0.0419 e. The summed E-state index contributed by atoms with van der Waals surface area (Å²) in [6.07, 6.45) is 3.79. The van der Waals surface area contributed by atoms with Gasteiger partial charge in [0.15, 0.2) is 0 Å². The summed E-state index contributed by atoms with van der Waals surface area (Å²) in [7, 11) is 0. The summed E-state index contributed by atoms with van der Waals surface area (Å²) in [4.78, 5) is 0. The van der Waals surface area contributed by atoms with Gasteiger partial charge in [0, 0.05) is 17.8 Å². The summed E-state index contributed by atoms with van der Waals surface area (Å²) in [6.45, 7) is 3.29. The van der Waals surface area contributed by atoms with E-state index in [2.05, 4.69) is 66.8 Å². The lowest BCUT2D eigenvalue weighted by molar-refractivity contribution is 0.744. The minimum absolute atomic E-state index is 1.05. The SMILES string of the molecule is CCCCCNc1ccccc1-c1ccccc1. The van der Waals surface area contributed by atoms with E-state index in [4.69, 9.17) is 0 Å². The molecule has 0 atom stereocenters. The lowest BCUT2D eigenvalue weighted by Gasteiger charge is -2.12. The summed E-state index contributed by atoms with van der Waals surface area (Å²) in [5.74, 6) is 0. The summed E-state index contributed by atoms with van der Waals surface area (Å²) < 4.78 is 0. The normalized spacial score (nSPS) is 10.3. The summed E-state index contributed by atoms with van der Waals surface area (Å²) in [5, 5.41) is 3.55. The van der Waals surface area contributed by atoms with Crippen LogP contribution in [0, 0.1) is 0 Å². The van der Waals surface area contributed by atoms with E-state index in [-0.39, 0.29) is 0 Å². The third kappa shape index (κ3) is 3.36. The maximum atomic E-state index is 3.55. The van der Waals surface area contributed by atoms with Crippen molar-refractivity contribution in [3.8, 4) is 11.1 Å². The minimum Gasteiger partial charge on any atom is -0.385 e. The van der Waals surface area contributed by atoms with E-state index in [1.807, 2.05) is 0 Å². The van der Waals surface area contributed by atoms with Gasteiger partial charge in [-0.25, -0.2) is 0 Å². The van der Waals surface area contributed by atoms with Crippen LogP contribution < -0.4 is 5.32 Å². The minimum atomic E-state index is 1.05. The van der Waals surface area contributed by atoms with Crippen LogP contribution in [0.2, 0.25) is 0 Å². The van der Waals surface area contributed by atoms with Gasteiger partial charge in [0.1, 0.15) is 0 Å². The molecule has 0 fully saturated rings. The van der Waals surface area contributed by atoms with Crippen molar-refractivity contribution in [2.45, 2.75) is 26.2 Å². The Morgan fingerprint density at radius 3 is 2.33 bits per heavy atom. The molecule has 0 aliphatic heterocycles. The summed E-state index contributed by atoms with van der Waals surface area (Å²) in [6, 6.07) is 19.1. The zero-order valence-corrected chi connectivity index (χ0v) is 11.0. The molecule has 0 bridgehead atoms. The van der Waals surface area contributed by atoms with Crippen LogP contribution in [0.4, 0.5) is 5.69 Å². The standard InChI is InChI=1S/C17H21N/c1-2-3-9-14-18-17-13-8-7-12-16(17)15-10-5-4-6-11-15/h4-8,10-13,18H,2-3,9,14H2,1H3. The Hall–Kier alpha value is -1.76. The van der Waals surface area contributed by atoms with Gasteiger partial charge in [-0.2, -0.15) is 0 Å². The molecule has 94 valence electrons. The fourth-order valence-electron chi connectivity index (χ4n) is 2.10. The van der Waals surface area contributed by atoms with Gasteiger partial charge in [0.05, 0.1) is 0 Å². The van der Waals surface area contributed by atoms with Crippen molar-refractivity contribution < 1.29 is 0 Å². The lowest BCUT2D eigenvalue weighted by atomic mass is 10.0. The second-order valence-electron chi connectivity index (χ2n) is 4.55. The van der Waals surface area contributed by atoms with Crippen LogP contribution >= 0.6 is 0 Å². The van der Waals surface area contributed by atoms with Gasteiger partial charge in [0.25, 0.3) is 0 Å². The first kappa shape index (κ1) is 12.7. The molecule has 0 spiro atoms. The molecule has 2 aromatic rings. The van der Waals surface area contributed by atoms with E-state index in [9.17, 15) is 0 Å². The Morgan fingerprint density at radius 2 is 1.56 bits per heavy atom. The van der Waals surface area contributed by atoms with E-state index >= 15 is 0 Å². The Bertz CT molecular complexity index is 462. The predicted octanol–water partition coefficient (Wildman–Crippen LogP) is 4.96. The number of anilines is 1. The fourth-order valence-corrected chi connectivity index (χ4v) is 2.10. The third-order valence-electron chi connectivity index (χ3n) is 3.11. The second kappa shape index (κ2) is 6.85. The van der Waals surface area contributed by atoms with Crippen molar-refractivity contribution in [2.75, 3.05) is 11.9 Å². The molecule has 2 aromatic carbocycles. The lowest BCUT2D eigenvalue weighted by Crippen LogP contribution is -2.02. The smallest absolute Gasteiger partial charge is 0.0419 e. The van der Waals surface area contributed by atoms with Gasteiger partial charge in [-0.1, -0.05) is 68.3 Å². The number of hydrogen-bond acceptors (Lipinski definition) is 1. The highest BCUT2D eigenvalue weighted by molar-refractivity contribution is 5.77. The molecule has 0 saturated heterocycles. The van der Waals surface area contributed by atoms with Crippen LogP contribution in [0.25, 0.3) is 11.1 Å². The van der Waals surface area contributed by atoms with Gasteiger partial charge in [-0.3, -0.25) is 0 Å². The van der Waals surface area contributed by atoms with Gasteiger partial charge in [-0.05, 0) is 18.1 Å². The van der Waals surface area contributed by atoms with Crippen molar-refractivity contribution in [3.63, 3.8) is 0 Å². The Balaban J connectivity index is 2.11. The van der Waals surface area contributed by atoms with E-state index in [0.29, 0.717) is 0 Å². The van der Waals surface area contributed by atoms with Crippen LogP contribution in [-0.4, -0.2) is 6.54 Å². The van der Waals surface area contributed by atoms with Gasteiger partial charge in [0.2, 0.25) is 0 Å². The van der Waals surface area contributed by atoms with E-state index in [1.54, 1.807) is 0 Å². The topological polar surface area (TPSA) is 12.0 Å². The van der Waals surface area contributed by atoms with Crippen LogP contribution in [0.1, 0.15) is 26.2 Å². The molecule has 0 unspecified atom stereocenters. The molecule has 0 aromatic heterocycles. The number of hydrogen-bond donors (Lipinski definition) is 1. The molecule has 0 heterocycles. The first-order valence-corrected chi connectivity index (χ1v) is 6.80. The molecule has 18 heavy (non-hydrogen) atoms. The van der Waals surface area contributed by atoms with Crippen LogP contribution in [0.5, 0.6) is 0 Å². The highest BCUT2D eigenvalue weighted by Crippen LogP contribution is 2.27. The summed E-state index contributed by atoms with van der Waals surface area (Å²) >= 11 is 0. The van der Waals surface area contributed by atoms with Crippen molar-refractivity contribution in [1.82, 2.24) is 0 Å². The molecule has 0 radical (unpaired) electrons. The molecular weight excluding hydrogens is 218 g/mol.